The molecule has 0 spiro atoms. The van der Waals surface area contributed by atoms with E-state index in [0.717, 1.165) is 3.57 Å². The largest absolute Gasteiger partial charge is 0.457 e. The smallest absolute Gasteiger partial charge is 0.134 e. The van der Waals surface area contributed by atoms with E-state index >= 15 is 0 Å². The Morgan fingerprint density at radius 1 is 1.26 bits per heavy atom. The molecule has 1 N–H and O–H groups in total. The third-order valence-electron chi connectivity index (χ3n) is 2.62. The number of ether oxygens (including phenoxy) is 1. The molecule has 3 nitrogen and oxygen atoms in total. The van der Waals surface area contributed by atoms with Gasteiger partial charge in [-0.25, -0.2) is 0 Å². The van der Waals surface area contributed by atoms with Gasteiger partial charge in [0, 0.05) is 9.13 Å². The minimum atomic E-state index is -0.648. The first-order chi connectivity index (χ1) is 9.10. The van der Waals surface area contributed by atoms with Gasteiger partial charge < -0.3 is 9.84 Å². The molecule has 2 rings (SSSR count). The Kier molecular flexibility index (Phi) is 4.40. The highest BCUT2D eigenvalue weighted by Crippen LogP contribution is 2.31. The summed E-state index contributed by atoms with van der Waals surface area (Å²) in [5.41, 5.74) is 1.17. The number of nitrogens with zero attached hydrogens (tertiary/aromatic N) is 1. The van der Waals surface area contributed by atoms with Gasteiger partial charge in [0.15, 0.2) is 0 Å². The highest BCUT2D eigenvalue weighted by Gasteiger charge is 2.11. The van der Waals surface area contributed by atoms with E-state index in [0.29, 0.717) is 22.6 Å². The van der Waals surface area contributed by atoms with Gasteiger partial charge >= 0.3 is 0 Å². The maximum atomic E-state index is 9.74. The lowest BCUT2D eigenvalue weighted by molar-refractivity contribution is 0.195. The molecule has 0 amide bonds. The fourth-order valence-corrected chi connectivity index (χ4v) is 2.21. The molecule has 0 radical (unpaired) electrons. The number of halogens is 1. The lowest BCUT2D eigenvalue weighted by Crippen LogP contribution is -1.97. The van der Waals surface area contributed by atoms with Crippen LogP contribution in [0.1, 0.15) is 24.2 Å². The van der Waals surface area contributed by atoms with E-state index in [-0.39, 0.29) is 0 Å². The number of hydrogen-bond acceptors (Lipinski definition) is 3. The summed E-state index contributed by atoms with van der Waals surface area (Å²) < 4.78 is 6.84. The van der Waals surface area contributed by atoms with Gasteiger partial charge in [-0.2, -0.15) is 5.26 Å². The number of aliphatic hydroxyl groups excluding tert-OH is 1. The predicted molar refractivity (Wildman–Crippen MR) is 81.0 cm³/mol. The van der Waals surface area contributed by atoms with Gasteiger partial charge in [-0.1, -0.05) is 12.1 Å². The molecule has 1 atom stereocenters. The molecular weight excluding hydrogens is 353 g/mol. The van der Waals surface area contributed by atoms with Crippen LogP contribution in [0.25, 0.3) is 0 Å². The predicted octanol–water partition coefficient (Wildman–Crippen LogP) is 4.01. The molecule has 0 aliphatic heterocycles. The van der Waals surface area contributed by atoms with Crippen LogP contribution in [0.3, 0.4) is 0 Å². The summed E-state index contributed by atoms with van der Waals surface area (Å²) in [6, 6.07) is 14.7. The molecule has 4 heteroatoms. The molecule has 0 saturated heterocycles. The van der Waals surface area contributed by atoms with Crippen molar-refractivity contribution in [2.45, 2.75) is 13.0 Å². The summed E-state index contributed by atoms with van der Waals surface area (Å²) in [7, 11) is 0. The van der Waals surface area contributed by atoms with Crippen molar-refractivity contribution < 1.29 is 9.84 Å². The van der Waals surface area contributed by atoms with Crippen LogP contribution in [0.2, 0.25) is 0 Å². The van der Waals surface area contributed by atoms with Gasteiger partial charge in [0.2, 0.25) is 0 Å². The summed E-state index contributed by atoms with van der Waals surface area (Å²) in [5, 5.41) is 18.7. The molecule has 0 aromatic heterocycles. The van der Waals surface area contributed by atoms with Crippen molar-refractivity contribution in [1.29, 1.82) is 5.26 Å². The number of hydrogen-bond donors (Lipinski definition) is 1. The number of benzene rings is 2. The number of nitriles is 1. The van der Waals surface area contributed by atoms with Crippen molar-refractivity contribution in [2.75, 3.05) is 0 Å². The molecule has 19 heavy (non-hydrogen) atoms. The van der Waals surface area contributed by atoms with Crippen LogP contribution < -0.4 is 4.74 Å². The van der Waals surface area contributed by atoms with Crippen LogP contribution in [0.5, 0.6) is 11.5 Å². The van der Waals surface area contributed by atoms with E-state index < -0.39 is 6.10 Å². The summed E-state index contributed by atoms with van der Waals surface area (Å²) >= 11 is 2.20. The van der Waals surface area contributed by atoms with Crippen LogP contribution >= 0.6 is 22.6 Å². The molecule has 2 aromatic carbocycles. The average Bonchev–Trinajstić information content (AvgIpc) is 2.38. The maximum Gasteiger partial charge on any atom is 0.134 e. The molecule has 0 bridgehead atoms. The molecule has 96 valence electrons. The molecule has 2 aromatic rings. The summed E-state index contributed by atoms with van der Waals surface area (Å²) in [6.45, 7) is 1.67. The molecule has 0 aliphatic carbocycles. The minimum absolute atomic E-state index is 0.505. The number of aliphatic hydroxyl groups is 1. The van der Waals surface area contributed by atoms with E-state index in [1.54, 1.807) is 25.1 Å². The Morgan fingerprint density at radius 2 is 2.05 bits per heavy atom. The second kappa shape index (κ2) is 6.04. The Labute approximate surface area is 125 Å². The van der Waals surface area contributed by atoms with Gasteiger partial charge in [-0.05, 0) is 59.8 Å². The first-order valence-electron chi connectivity index (χ1n) is 5.75. The first-order valence-corrected chi connectivity index (χ1v) is 6.83. The quantitative estimate of drug-likeness (QED) is 0.837. The van der Waals surface area contributed by atoms with Crippen LogP contribution in [0.4, 0.5) is 0 Å². The van der Waals surface area contributed by atoms with E-state index in [1.807, 2.05) is 24.3 Å². The van der Waals surface area contributed by atoms with Crippen molar-refractivity contribution in [2.24, 2.45) is 0 Å². The molecule has 0 unspecified atom stereocenters. The van der Waals surface area contributed by atoms with E-state index in [9.17, 15) is 5.11 Å². The van der Waals surface area contributed by atoms with Gasteiger partial charge in [-0.15, -0.1) is 0 Å². The number of rotatable bonds is 3. The molecule has 0 saturated carbocycles. The van der Waals surface area contributed by atoms with Crippen LogP contribution in [0.15, 0.2) is 42.5 Å². The van der Waals surface area contributed by atoms with Gasteiger partial charge in [0.25, 0.3) is 0 Å². The highest BCUT2D eigenvalue weighted by atomic mass is 127. The highest BCUT2D eigenvalue weighted by molar-refractivity contribution is 14.1. The Bertz CT molecular complexity index is 632. The lowest BCUT2D eigenvalue weighted by Gasteiger charge is -2.13. The minimum Gasteiger partial charge on any atom is -0.457 e. The Hall–Kier alpha value is -1.58. The fourth-order valence-electron chi connectivity index (χ4n) is 1.69. The van der Waals surface area contributed by atoms with Crippen molar-refractivity contribution in [3.8, 4) is 17.6 Å². The standard InChI is InChI=1S/C15H12INO2/c1-10(18)14-6-5-11(9-17)7-15(14)19-13-4-2-3-12(16)8-13/h2-8,10,18H,1H3/t10-/m1/s1. The first kappa shape index (κ1) is 13.8. The summed E-state index contributed by atoms with van der Waals surface area (Å²) in [4.78, 5) is 0. The van der Waals surface area contributed by atoms with Crippen molar-refractivity contribution in [3.63, 3.8) is 0 Å². The van der Waals surface area contributed by atoms with Crippen LogP contribution in [0, 0.1) is 14.9 Å². The van der Waals surface area contributed by atoms with E-state index in [1.165, 1.54) is 0 Å². The normalized spacial score (nSPS) is 11.7. The van der Waals surface area contributed by atoms with Crippen LogP contribution in [-0.4, -0.2) is 5.11 Å². The summed E-state index contributed by atoms with van der Waals surface area (Å²) in [6.07, 6.45) is -0.648. The third kappa shape index (κ3) is 3.46. The Balaban J connectivity index is 2.40. The molecular formula is C15H12INO2. The Morgan fingerprint density at radius 3 is 2.68 bits per heavy atom. The van der Waals surface area contributed by atoms with Crippen LogP contribution in [-0.2, 0) is 0 Å². The van der Waals surface area contributed by atoms with Gasteiger partial charge in [-0.3, -0.25) is 0 Å². The molecule has 0 fully saturated rings. The summed E-state index contributed by atoms with van der Waals surface area (Å²) in [5.74, 6) is 1.19. The monoisotopic (exact) mass is 365 g/mol. The third-order valence-corrected chi connectivity index (χ3v) is 3.29. The molecule has 0 heterocycles. The second-order valence-corrected chi connectivity index (χ2v) is 5.35. The van der Waals surface area contributed by atoms with E-state index in [4.69, 9.17) is 10.00 Å². The van der Waals surface area contributed by atoms with Crippen molar-refractivity contribution in [1.82, 2.24) is 0 Å². The van der Waals surface area contributed by atoms with Gasteiger partial charge in [0.1, 0.15) is 11.5 Å². The lowest BCUT2D eigenvalue weighted by atomic mass is 10.1. The van der Waals surface area contributed by atoms with E-state index in [2.05, 4.69) is 28.7 Å². The average molecular weight is 365 g/mol. The van der Waals surface area contributed by atoms with Crippen molar-refractivity contribution in [3.05, 3.63) is 57.2 Å². The SMILES string of the molecule is C[C@@H](O)c1ccc(C#N)cc1Oc1cccc(I)c1. The zero-order valence-corrected chi connectivity index (χ0v) is 12.5. The zero-order valence-electron chi connectivity index (χ0n) is 10.3. The molecule has 0 aliphatic rings. The maximum absolute atomic E-state index is 9.74. The van der Waals surface area contributed by atoms with Crippen molar-refractivity contribution >= 4 is 22.6 Å². The zero-order chi connectivity index (χ0) is 13.8. The fraction of sp³-hybridized carbons (Fsp3) is 0.133. The topological polar surface area (TPSA) is 53.2 Å². The second-order valence-electron chi connectivity index (χ2n) is 4.10. The van der Waals surface area contributed by atoms with Gasteiger partial charge in [0.05, 0.1) is 17.7 Å².